The van der Waals surface area contributed by atoms with Gasteiger partial charge in [0.15, 0.2) is 5.65 Å². The molecule has 3 rings (SSSR count). The Morgan fingerprint density at radius 3 is 2.77 bits per heavy atom. The monoisotopic (exact) mass is 371 g/mol. The molecule has 0 aliphatic heterocycles. The van der Waals surface area contributed by atoms with Crippen LogP contribution < -0.4 is 10.6 Å². The van der Waals surface area contributed by atoms with Crippen LogP contribution in [-0.2, 0) is 4.79 Å². The number of halogens is 1. The van der Waals surface area contributed by atoms with Gasteiger partial charge in [0.1, 0.15) is 0 Å². The molecule has 0 aliphatic rings. The molecule has 0 aliphatic carbocycles. The van der Waals surface area contributed by atoms with Crippen molar-refractivity contribution in [3.05, 3.63) is 52.8 Å². The largest absolute Gasteiger partial charge is 0.352 e. The van der Waals surface area contributed by atoms with Gasteiger partial charge >= 0.3 is 0 Å². The number of benzene rings is 1. The van der Waals surface area contributed by atoms with E-state index in [1.54, 1.807) is 30.5 Å². The SMILES string of the molecule is Cc1[nH]nc2ncc(NC(=O)CCCNC(=O)c3ccc(Cl)cc3)cc12. The highest BCUT2D eigenvalue weighted by atomic mass is 35.5. The lowest BCUT2D eigenvalue weighted by Crippen LogP contribution is -2.25. The summed E-state index contributed by atoms with van der Waals surface area (Å²) in [5.41, 5.74) is 2.67. The second kappa shape index (κ2) is 7.97. The summed E-state index contributed by atoms with van der Waals surface area (Å²) >= 11 is 5.79. The molecule has 0 radical (unpaired) electrons. The fourth-order valence-corrected chi connectivity index (χ4v) is 2.59. The molecule has 0 spiro atoms. The van der Waals surface area contributed by atoms with Crippen molar-refractivity contribution in [2.45, 2.75) is 19.8 Å². The van der Waals surface area contributed by atoms with Gasteiger partial charge in [0.05, 0.1) is 11.9 Å². The van der Waals surface area contributed by atoms with E-state index < -0.39 is 0 Å². The average molecular weight is 372 g/mol. The standard InChI is InChI=1S/C18H18ClN5O2/c1-11-15-9-14(10-21-17(15)24-23-11)22-16(25)3-2-8-20-18(26)12-4-6-13(19)7-5-12/h4-7,9-10H,2-3,8H2,1H3,(H,20,26)(H,22,25)(H,21,23,24). The Kier molecular flexibility index (Phi) is 5.48. The second-order valence-electron chi connectivity index (χ2n) is 5.86. The number of hydrogen-bond donors (Lipinski definition) is 3. The molecule has 2 heterocycles. The van der Waals surface area contributed by atoms with E-state index in [-0.39, 0.29) is 11.8 Å². The van der Waals surface area contributed by atoms with Gasteiger partial charge in [-0.3, -0.25) is 14.7 Å². The maximum absolute atomic E-state index is 12.0. The van der Waals surface area contributed by atoms with E-state index in [9.17, 15) is 9.59 Å². The highest BCUT2D eigenvalue weighted by molar-refractivity contribution is 6.30. The summed E-state index contributed by atoms with van der Waals surface area (Å²) in [6.07, 6.45) is 2.40. The number of H-pyrrole nitrogens is 1. The van der Waals surface area contributed by atoms with Gasteiger partial charge in [-0.1, -0.05) is 11.6 Å². The molecule has 0 saturated carbocycles. The molecule has 0 atom stereocenters. The maximum atomic E-state index is 12.0. The summed E-state index contributed by atoms with van der Waals surface area (Å²) in [5, 5.41) is 13.9. The van der Waals surface area contributed by atoms with Gasteiger partial charge in [-0.25, -0.2) is 4.98 Å². The van der Waals surface area contributed by atoms with E-state index in [1.807, 2.05) is 13.0 Å². The zero-order valence-electron chi connectivity index (χ0n) is 14.2. The lowest BCUT2D eigenvalue weighted by atomic mass is 10.2. The minimum atomic E-state index is -0.188. The Labute approximate surface area is 155 Å². The van der Waals surface area contributed by atoms with Crippen LogP contribution in [0.5, 0.6) is 0 Å². The molecule has 1 aromatic carbocycles. The number of fused-ring (bicyclic) bond motifs is 1. The predicted molar refractivity (Wildman–Crippen MR) is 100 cm³/mol. The number of aromatic nitrogens is 3. The number of rotatable bonds is 6. The first kappa shape index (κ1) is 17.9. The molecule has 3 N–H and O–H groups in total. The van der Waals surface area contributed by atoms with E-state index >= 15 is 0 Å². The molecule has 134 valence electrons. The minimum absolute atomic E-state index is 0.131. The lowest BCUT2D eigenvalue weighted by molar-refractivity contribution is -0.116. The van der Waals surface area contributed by atoms with Crippen molar-refractivity contribution in [3.63, 3.8) is 0 Å². The highest BCUT2D eigenvalue weighted by Crippen LogP contribution is 2.17. The van der Waals surface area contributed by atoms with Crippen molar-refractivity contribution >= 4 is 40.1 Å². The van der Waals surface area contributed by atoms with Gasteiger partial charge in [-0.2, -0.15) is 5.10 Å². The molecule has 0 unspecified atom stereocenters. The van der Waals surface area contributed by atoms with Gasteiger partial charge in [-0.15, -0.1) is 0 Å². The number of anilines is 1. The van der Waals surface area contributed by atoms with Crippen molar-refractivity contribution in [2.75, 3.05) is 11.9 Å². The first-order chi connectivity index (χ1) is 12.5. The number of aromatic amines is 1. The van der Waals surface area contributed by atoms with E-state index in [0.717, 1.165) is 11.1 Å². The van der Waals surface area contributed by atoms with Crippen LogP contribution in [0, 0.1) is 6.92 Å². The van der Waals surface area contributed by atoms with E-state index in [0.29, 0.717) is 41.3 Å². The lowest BCUT2D eigenvalue weighted by Gasteiger charge is -2.07. The van der Waals surface area contributed by atoms with Gasteiger partial charge in [0.2, 0.25) is 5.91 Å². The molecule has 26 heavy (non-hydrogen) atoms. The third-order valence-electron chi connectivity index (χ3n) is 3.86. The van der Waals surface area contributed by atoms with Crippen LogP contribution in [0.15, 0.2) is 36.5 Å². The maximum Gasteiger partial charge on any atom is 0.251 e. The molecule has 0 fully saturated rings. The fraction of sp³-hybridized carbons (Fsp3) is 0.222. The zero-order chi connectivity index (χ0) is 18.5. The number of amides is 2. The van der Waals surface area contributed by atoms with Gasteiger partial charge in [0, 0.05) is 34.6 Å². The van der Waals surface area contributed by atoms with Crippen molar-refractivity contribution in [3.8, 4) is 0 Å². The Morgan fingerprint density at radius 1 is 1.23 bits per heavy atom. The Bertz CT molecular complexity index is 936. The topological polar surface area (TPSA) is 99.8 Å². The van der Waals surface area contributed by atoms with E-state index in [4.69, 9.17) is 11.6 Å². The van der Waals surface area contributed by atoms with E-state index in [2.05, 4.69) is 25.8 Å². The summed E-state index contributed by atoms with van der Waals surface area (Å²) in [6.45, 7) is 2.30. The van der Waals surface area contributed by atoms with Crippen LogP contribution in [-0.4, -0.2) is 33.5 Å². The third kappa shape index (κ3) is 4.37. The van der Waals surface area contributed by atoms with Crippen LogP contribution >= 0.6 is 11.6 Å². The summed E-state index contributed by atoms with van der Waals surface area (Å²) in [7, 11) is 0. The van der Waals surface area contributed by atoms with Crippen molar-refractivity contribution in [1.82, 2.24) is 20.5 Å². The molecular weight excluding hydrogens is 354 g/mol. The van der Waals surface area contributed by atoms with Crippen LogP contribution in [0.4, 0.5) is 5.69 Å². The number of nitrogens with one attached hydrogen (secondary N) is 3. The first-order valence-corrected chi connectivity index (χ1v) is 8.55. The molecule has 7 nitrogen and oxygen atoms in total. The highest BCUT2D eigenvalue weighted by Gasteiger charge is 2.08. The Morgan fingerprint density at radius 2 is 2.00 bits per heavy atom. The summed E-state index contributed by atoms with van der Waals surface area (Å²) < 4.78 is 0. The quantitative estimate of drug-likeness (QED) is 0.580. The van der Waals surface area contributed by atoms with Crippen molar-refractivity contribution < 1.29 is 9.59 Å². The van der Waals surface area contributed by atoms with Gasteiger partial charge < -0.3 is 10.6 Å². The summed E-state index contributed by atoms with van der Waals surface area (Å²) in [4.78, 5) is 28.2. The van der Waals surface area contributed by atoms with E-state index in [1.165, 1.54) is 0 Å². The predicted octanol–water partition coefficient (Wildman–Crippen LogP) is 3.07. The van der Waals surface area contributed by atoms with Gasteiger partial charge in [0.25, 0.3) is 5.91 Å². The van der Waals surface area contributed by atoms with Crippen molar-refractivity contribution in [2.24, 2.45) is 0 Å². The number of carbonyl (C=O) groups excluding carboxylic acids is 2. The minimum Gasteiger partial charge on any atom is -0.352 e. The fourth-order valence-electron chi connectivity index (χ4n) is 2.47. The third-order valence-corrected chi connectivity index (χ3v) is 4.11. The summed E-state index contributed by atoms with van der Waals surface area (Å²) in [6, 6.07) is 8.48. The smallest absolute Gasteiger partial charge is 0.251 e. The first-order valence-electron chi connectivity index (χ1n) is 8.17. The van der Waals surface area contributed by atoms with Crippen LogP contribution in [0.1, 0.15) is 28.9 Å². The average Bonchev–Trinajstić information content (AvgIpc) is 3.00. The number of pyridine rings is 1. The van der Waals surface area contributed by atoms with Gasteiger partial charge in [-0.05, 0) is 43.7 Å². The van der Waals surface area contributed by atoms with Crippen LogP contribution in [0.3, 0.4) is 0 Å². The Hall–Kier alpha value is -2.93. The number of hydrogen-bond acceptors (Lipinski definition) is 4. The molecule has 0 bridgehead atoms. The molecular formula is C18H18ClN5O2. The van der Waals surface area contributed by atoms with Crippen LogP contribution in [0.25, 0.3) is 11.0 Å². The normalized spacial score (nSPS) is 10.7. The number of nitrogens with zero attached hydrogens (tertiary/aromatic N) is 2. The second-order valence-corrected chi connectivity index (χ2v) is 6.29. The molecule has 2 aromatic heterocycles. The Balaban J connectivity index is 1.44. The number of carbonyl (C=O) groups is 2. The summed E-state index contributed by atoms with van der Waals surface area (Å²) in [5.74, 6) is -0.319. The zero-order valence-corrected chi connectivity index (χ0v) is 14.9. The van der Waals surface area contributed by atoms with Crippen LogP contribution in [0.2, 0.25) is 5.02 Å². The number of aryl methyl sites for hydroxylation is 1. The molecule has 2 amide bonds. The molecule has 8 heteroatoms. The molecule has 3 aromatic rings. The van der Waals surface area contributed by atoms with Crippen molar-refractivity contribution in [1.29, 1.82) is 0 Å². The molecule has 0 saturated heterocycles.